The molecule has 0 spiro atoms. The van der Waals surface area contributed by atoms with E-state index in [0.29, 0.717) is 18.6 Å². The molecule has 108 valence electrons. The number of hydrogen-bond acceptors (Lipinski definition) is 2. The summed E-state index contributed by atoms with van der Waals surface area (Å²) in [6.45, 7) is 8.46. The topological polar surface area (TPSA) is 29.3 Å². The third-order valence-corrected chi connectivity index (χ3v) is 3.61. The molecule has 0 unspecified atom stereocenters. The summed E-state index contributed by atoms with van der Waals surface area (Å²) in [7, 11) is 0. The van der Waals surface area contributed by atoms with Gasteiger partial charge in [-0.25, -0.2) is 4.79 Å². The second kappa shape index (κ2) is 6.60. The second-order valence-corrected chi connectivity index (χ2v) is 5.74. The maximum atomic E-state index is 12.1. The van der Waals surface area contributed by atoms with Crippen molar-refractivity contribution in [2.75, 3.05) is 0 Å². The molecule has 1 amide bonds. The van der Waals surface area contributed by atoms with E-state index >= 15 is 0 Å². The summed E-state index contributed by atoms with van der Waals surface area (Å²) in [6, 6.07) is 10.4. The van der Waals surface area contributed by atoms with E-state index in [-0.39, 0.29) is 12.1 Å². The van der Waals surface area contributed by atoms with Crippen molar-refractivity contribution in [2.45, 2.75) is 45.4 Å². The van der Waals surface area contributed by atoms with Crippen molar-refractivity contribution >= 4 is 6.09 Å². The summed E-state index contributed by atoms with van der Waals surface area (Å²) in [5.41, 5.74) is 1.02. The van der Waals surface area contributed by atoms with Crippen LogP contribution in [0.4, 0.5) is 4.79 Å². The number of amides is 1. The van der Waals surface area contributed by atoms with Gasteiger partial charge in [0.15, 0.2) is 0 Å². The van der Waals surface area contributed by atoms with Crippen molar-refractivity contribution in [1.29, 1.82) is 0 Å². The number of rotatable bonds is 6. The molecule has 0 radical (unpaired) electrons. The summed E-state index contributed by atoms with van der Waals surface area (Å²) in [4.78, 5) is 14.0. The van der Waals surface area contributed by atoms with Gasteiger partial charge in [-0.2, -0.15) is 0 Å². The molecule has 1 heterocycles. The normalized spacial score (nSPS) is 20.9. The van der Waals surface area contributed by atoms with Crippen molar-refractivity contribution in [3.8, 4) is 0 Å². The lowest BCUT2D eigenvalue weighted by molar-refractivity contribution is 0.119. The Labute approximate surface area is 121 Å². The van der Waals surface area contributed by atoms with Gasteiger partial charge in [0.2, 0.25) is 0 Å². The molecule has 0 bridgehead atoms. The predicted molar refractivity (Wildman–Crippen MR) is 80.3 cm³/mol. The van der Waals surface area contributed by atoms with Crippen LogP contribution in [-0.4, -0.2) is 23.1 Å². The fraction of sp³-hybridized carbons (Fsp3) is 0.471. The van der Waals surface area contributed by atoms with Gasteiger partial charge < -0.3 is 4.74 Å². The van der Waals surface area contributed by atoms with Crippen LogP contribution in [-0.2, 0) is 11.3 Å². The minimum atomic E-state index is -0.202. The molecule has 2 atom stereocenters. The minimum Gasteiger partial charge on any atom is -0.445 e. The van der Waals surface area contributed by atoms with Gasteiger partial charge in [-0.1, -0.05) is 50.3 Å². The molecular formula is C17H23NO2. The molecule has 1 aliphatic heterocycles. The Kier molecular flexibility index (Phi) is 4.83. The van der Waals surface area contributed by atoms with Crippen molar-refractivity contribution in [2.24, 2.45) is 5.92 Å². The summed E-state index contributed by atoms with van der Waals surface area (Å²) in [5, 5.41) is 0. The molecule has 0 saturated carbocycles. The zero-order chi connectivity index (χ0) is 14.5. The van der Waals surface area contributed by atoms with Crippen LogP contribution in [0.25, 0.3) is 0 Å². The fourth-order valence-electron chi connectivity index (χ4n) is 2.59. The van der Waals surface area contributed by atoms with Crippen LogP contribution < -0.4 is 0 Å². The van der Waals surface area contributed by atoms with Crippen LogP contribution in [0.15, 0.2) is 43.0 Å². The molecule has 0 aliphatic carbocycles. The molecule has 3 nitrogen and oxygen atoms in total. The molecular weight excluding hydrogens is 250 g/mol. The highest BCUT2D eigenvalue weighted by Gasteiger charge is 2.50. The molecule has 1 aromatic carbocycles. The van der Waals surface area contributed by atoms with Crippen LogP contribution in [0.2, 0.25) is 0 Å². The van der Waals surface area contributed by atoms with Gasteiger partial charge in [0.25, 0.3) is 0 Å². The number of carbonyl (C=O) groups excluding carboxylic acids is 1. The van der Waals surface area contributed by atoms with E-state index in [0.717, 1.165) is 18.4 Å². The smallest absolute Gasteiger partial charge is 0.410 e. The maximum absolute atomic E-state index is 12.1. The van der Waals surface area contributed by atoms with E-state index in [1.165, 1.54) is 0 Å². The lowest BCUT2D eigenvalue weighted by atomic mass is 10.1. The van der Waals surface area contributed by atoms with Crippen molar-refractivity contribution in [3.63, 3.8) is 0 Å². The highest BCUT2D eigenvalue weighted by molar-refractivity contribution is 5.72. The lowest BCUT2D eigenvalue weighted by Gasteiger charge is -2.08. The highest BCUT2D eigenvalue weighted by atomic mass is 16.6. The average molecular weight is 273 g/mol. The first-order valence-corrected chi connectivity index (χ1v) is 7.23. The summed E-state index contributed by atoms with van der Waals surface area (Å²) in [6.07, 6.45) is 3.55. The first-order valence-electron chi connectivity index (χ1n) is 7.23. The third kappa shape index (κ3) is 3.62. The van der Waals surface area contributed by atoms with E-state index in [1.807, 2.05) is 41.3 Å². The van der Waals surface area contributed by atoms with Crippen LogP contribution >= 0.6 is 0 Å². The minimum absolute atomic E-state index is 0.202. The van der Waals surface area contributed by atoms with Gasteiger partial charge in [0, 0.05) is 0 Å². The number of carbonyl (C=O) groups is 1. The monoisotopic (exact) mass is 273 g/mol. The Morgan fingerprint density at radius 3 is 2.65 bits per heavy atom. The van der Waals surface area contributed by atoms with Gasteiger partial charge in [-0.3, -0.25) is 4.90 Å². The van der Waals surface area contributed by atoms with Crippen LogP contribution in [0, 0.1) is 5.92 Å². The Morgan fingerprint density at radius 2 is 2.05 bits per heavy atom. The summed E-state index contributed by atoms with van der Waals surface area (Å²) < 4.78 is 5.39. The van der Waals surface area contributed by atoms with E-state index in [2.05, 4.69) is 20.4 Å². The molecule has 3 heteroatoms. The van der Waals surface area contributed by atoms with Crippen molar-refractivity contribution in [3.05, 3.63) is 48.6 Å². The summed E-state index contributed by atoms with van der Waals surface area (Å²) >= 11 is 0. The third-order valence-electron chi connectivity index (χ3n) is 3.61. The number of benzene rings is 1. The molecule has 20 heavy (non-hydrogen) atoms. The molecule has 2 rings (SSSR count). The predicted octanol–water partition coefficient (Wildman–Crippen LogP) is 4.00. The number of nitrogens with zero attached hydrogens (tertiary/aromatic N) is 1. The average Bonchev–Trinajstić information content (AvgIpc) is 3.09. The second-order valence-electron chi connectivity index (χ2n) is 5.74. The molecule has 1 aliphatic rings. The highest BCUT2D eigenvalue weighted by Crippen LogP contribution is 2.36. The van der Waals surface area contributed by atoms with Gasteiger partial charge in [-0.05, 0) is 24.3 Å². The van der Waals surface area contributed by atoms with Crippen LogP contribution in [0.1, 0.15) is 32.3 Å². The quantitative estimate of drug-likeness (QED) is 0.579. The lowest BCUT2D eigenvalue weighted by Crippen LogP contribution is -2.17. The molecule has 1 fully saturated rings. The first-order chi connectivity index (χ1) is 9.63. The van der Waals surface area contributed by atoms with E-state index in [1.54, 1.807) is 0 Å². The molecule has 1 saturated heterocycles. The SMILES string of the molecule is C=CC[C@H]1[C@@H](CC(C)C)N1C(=O)OCc1ccccc1. The Balaban J connectivity index is 1.86. The zero-order valence-electron chi connectivity index (χ0n) is 12.3. The first kappa shape index (κ1) is 14.6. The Bertz CT molecular complexity index is 455. The largest absolute Gasteiger partial charge is 0.445 e. The molecule has 0 aromatic heterocycles. The van der Waals surface area contributed by atoms with Gasteiger partial charge in [0.05, 0.1) is 12.1 Å². The standard InChI is InChI=1S/C17H23NO2/c1-4-8-15-16(11-13(2)3)18(15)17(19)20-12-14-9-6-5-7-10-14/h4-7,9-10,13,15-16H,1,8,11-12H2,2-3H3/t15-,16+,18?/m0/s1. The van der Waals surface area contributed by atoms with Gasteiger partial charge in [-0.15, -0.1) is 6.58 Å². The van der Waals surface area contributed by atoms with E-state index in [9.17, 15) is 4.79 Å². The van der Waals surface area contributed by atoms with Gasteiger partial charge >= 0.3 is 6.09 Å². The van der Waals surface area contributed by atoms with Crippen LogP contribution in [0.3, 0.4) is 0 Å². The van der Waals surface area contributed by atoms with Crippen molar-refractivity contribution in [1.82, 2.24) is 4.90 Å². The Morgan fingerprint density at radius 1 is 1.35 bits per heavy atom. The van der Waals surface area contributed by atoms with E-state index in [4.69, 9.17) is 4.74 Å². The van der Waals surface area contributed by atoms with E-state index < -0.39 is 0 Å². The Hall–Kier alpha value is -1.77. The number of hydrogen-bond donors (Lipinski definition) is 0. The fourth-order valence-corrected chi connectivity index (χ4v) is 2.59. The van der Waals surface area contributed by atoms with Gasteiger partial charge in [0.1, 0.15) is 6.61 Å². The van der Waals surface area contributed by atoms with Crippen LogP contribution in [0.5, 0.6) is 0 Å². The van der Waals surface area contributed by atoms with Crippen molar-refractivity contribution < 1.29 is 9.53 Å². The molecule has 1 aromatic rings. The summed E-state index contributed by atoms with van der Waals surface area (Å²) in [5.74, 6) is 0.583. The number of ether oxygens (including phenoxy) is 1. The molecule has 0 N–H and O–H groups in total. The zero-order valence-corrected chi connectivity index (χ0v) is 12.3. The maximum Gasteiger partial charge on any atom is 0.410 e.